The van der Waals surface area contributed by atoms with Crippen molar-refractivity contribution in [3.05, 3.63) is 0 Å². The summed E-state index contributed by atoms with van der Waals surface area (Å²) in [6.45, 7) is 0. The van der Waals surface area contributed by atoms with Crippen molar-refractivity contribution in [3.8, 4) is 0 Å². The van der Waals surface area contributed by atoms with Crippen molar-refractivity contribution in [3.63, 3.8) is 0 Å². The van der Waals surface area contributed by atoms with Crippen LogP contribution in [0.5, 0.6) is 0 Å². The summed E-state index contributed by atoms with van der Waals surface area (Å²) in [7, 11) is 0. The molecular formula is C4H4IrO4. The van der Waals surface area contributed by atoms with Crippen LogP contribution in [0.15, 0.2) is 0 Å². The molecule has 0 N–H and O–H groups in total. The molecule has 0 fully saturated rings. The van der Waals surface area contributed by atoms with Gasteiger partial charge in [-0.15, -0.1) is 0 Å². The van der Waals surface area contributed by atoms with Crippen LogP contribution >= 0.6 is 0 Å². The third-order valence-electron chi connectivity index (χ3n) is 0.544. The van der Waals surface area contributed by atoms with Gasteiger partial charge in [-0.1, -0.05) is 0 Å². The zero-order valence-electron chi connectivity index (χ0n) is 4.28. The van der Waals surface area contributed by atoms with Gasteiger partial charge >= 0.3 is 53.7 Å². The Morgan fingerprint density at radius 1 is 0.667 bits per heavy atom. The van der Waals surface area contributed by atoms with Gasteiger partial charge in [-0.3, -0.25) is 0 Å². The van der Waals surface area contributed by atoms with E-state index in [0.717, 1.165) is 0 Å². The predicted octanol–water partition coefficient (Wildman–Crippen LogP) is -1.10. The molecule has 0 unspecified atom stereocenters. The van der Waals surface area contributed by atoms with E-state index in [9.17, 15) is 19.2 Å². The van der Waals surface area contributed by atoms with Crippen LogP contribution in [-0.4, -0.2) is 19.2 Å². The molecule has 4 nitrogen and oxygen atoms in total. The Morgan fingerprint density at radius 3 is 0.889 bits per heavy atom. The predicted molar refractivity (Wildman–Crippen MR) is 27.0 cm³/mol. The maximum atomic E-state index is 9.91. The van der Waals surface area contributed by atoms with E-state index >= 15 is 0 Å². The van der Waals surface area contributed by atoms with E-state index in [-0.39, 0.29) is 19.2 Å². The molecule has 0 atom stereocenters. The second-order valence-electron chi connectivity index (χ2n) is 0.981. The Balaban J connectivity index is 4.53. The van der Waals surface area contributed by atoms with Crippen molar-refractivity contribution in [1.82, 2.24) is 0 Å². The number of rotatable bonds is 4. The molecule has 0 rings (SSSR count). The minimum absolute atomic E-state index is 0.188. The fraction of sp³-hybridized carbons (Fsp3) is 0. The van der Waals surface area contributed by atoms with Gasteiger partial charge in [-0.2, -0.15) is 0 Å². The van der Waals surface area contributed by atoms with E-state index < -0.39 is 15.3 Å². The van der Waals surface area contributed by atoms with Crippen molar-refractivity contribution in [2.45, 2.75) is 0 Å². The average molecular weight is 308 g/mol. The summed E-state index contributed by atoms with van der Waals surface area (Å²) in [4.78, 5) is 40.4. The second-order valence-corrected chi connectivity index (χ2v) is 8.03. The minimum atomic E-state index is -3.89. The van der Waals surface area contributed by atoms with Crippen molar-refractivity contribution in [2.75, 3.05) is 0 Å². The number of carbonyl (C=O) groups is 4. The molecule has 0 aromatic heterocycles. The molecule has 0 heterocycles. The van der Waals surface area contributed by atoms with Gasteiger partial charge < -0.3 is 0 Å². The molecule has 0 aromatic carbocycles. The third-order valence-corrected chi connectivity index (χ3v) is 4.46. The fourth-order valence-corrected chi connectivity index (χ4v) is 0.909. The van der Waals surface area contributed by atoms with Crippen LogP contribution in [0.25, 0.3) is 0 Å². The van der Waals surface area contributed by atoms with Crippen molar-refractivity contribution >= 4 is 19.2 Å². The van der Waals surface area contributed by atoms with Crippen LogP contribution in [-0.2, 0) is 34.5 Å². The topological polar surface area (TPSA) is 68.3 Å². The standard InChI is InChI=1S/4CHO.Ir/c4*1-2;/h4*1H;. The first-order valence-electron chi connectivity index (χ1n) is 1.71. The molecule has 0 aliphatic rings. The molecule has 0 saturated heterocycles. The Bertz CT molecular complexity index is 115. The Labute approximate surface area is 54.2 Å². The molecule has 53 valence electrons. The first-order valence-corrected chi connectivity index (χ1v) is 7.24. The molecule has 0 aliphatic heterocycles. The summed E-state index contributed by atoms with van der Waals surface area (Å²) in [5.41, 5.74) is 0. The normalized spacial score (nSPS) is 11.6. The van der Waals surface area contributed by atoms with Gasteiger partial charge in [0, 0.05) is 0 Å². The Morgan fingerprint density at radius 2 is 0.889 bits per heavy atom. The third kappa shape index (κ3) is 1.62. The van der Waals surface area contributed by atoms with Gasteiger partial charge in [-0.25, -0.2) is 0 Å². The van der Waals surface area contributed by atoms with Crippen LogP contribution < -0.4 is 0 Å². The van der Waals surface area contributed by atoms with E-state index in [1.165, 1.54) is 0 Å². The number of hydrogen-bond acceptors (Lipinski definition) is 4. The Hall–Kier alpha value is -0.671. The van der Waals surface area contributed by atoms with Gasteiger partial charge in [0.25, 0.3) is 0 Å². The zero-order chi connectivity index (χ0) is 7.33. The summed E-state index contributed by atoms with van der Waals surface area (Å²) in [5, 5.41) is 0. The van der Waals surface area contributed by atoms with Crippen LogP contribution in [0.2, 0.25) is 0 Å². The molecule has 5 heteroatoms. The first-order chi connectivity index (χ1) is 4.24. The summed E-state index contributed by atoms with van der Waals surface area (Å²) in [5.74, 6) is 0. The molecular weight excluding hydrogens is 304 g/mol. The molecule has 0 saturated carbocycles. The first kappa shape index (κ1) is 8.33. The second kappa shape index (κ2) is 3.37. The van der Waals surface area contributed by atoms with Crippen molar-refractivity contribution in [1.29, 1.82) is 0 Å². The average Bonchev–Trinajstić information content (AvgIpc) is 1.95. The van der Waals surface area contributed by atoms with E-state index in [2.05, 4.69) is 0 Å². The molecule has 0 aromatic rings. The maximum absolute atomic E-state index is 9.91. The molecule has 0 spiro atoms. The van der Waals surface area contributed by atoms with Gasteiger partial charge in [-0.05, 0) is 0 Å². The quantitative estimate of drug-likeness (QED) is 0.618. The van der Waals surface area contributed by atoms with Crippen LogP contribution in [0.4, 0.5) is 0 Å². The molecule has 0 radical (unpaired) electrons. The van der Waals surface area contributed by atoms with Crippen LogP contribution in [0.1, 0.15) is 0 Å². The van der Waals surface area contributed by atoms with Gasteiger partial charge in [0.15, 0.2) is 0 Å². The molecule has 9 heavy (non-hydrogen) atoms. The van der Waals surface area contributed by atoms with Gasteiger partial charge in [0.2, 0.25) is 0 Å². The SMILES string of the molecule is O=[CH][Ir]([CH]=O)([CH]=O)[CH]=O. The zero-order valence-corrected chi connectivity index (χ0v) is 6.67. The number of carbonyl (C=O) groups excluding carboxylic acids is 4. The van der Waals surface area contributed by atoms with Crippen molar-refractivity contribution < 1.29 is 34.5 Å². The van der Waals surface area contributed by atoms with Crippen LogP contribution in [0, 0.1) is 0 Å². The molecule has 0 bridgehead atoms. The summed E-state index contributed by atoms with van der Waals surface area (Å²) in [6.07, 6.45) is 0. The monoisotopic (exact) mass is 309 g/mol. The van der Waals surface area contributed by atoms with Crippen molar-refractivity contribution in [2.24, 2.45) is 0 Å². The van der Waals surface area contributed by atoms with E-state index in [0.29, 0.717) is 0 Å². The van der Waals surface area contributed by atoms with Gasteiger partial charge in [0.1, 0.15) is 0 Å². The number of hydrogen-bond donors (Lipinski definition) is 0. The summed E-state index contributed by atoms with van der Waals surface area (Å²) >= 11 is -3.89. The summed E-state index contributed by atoms with van der Waals surface area (Å²) < 4.78 is 0. The molecule has 0 amide bonds. The Kier molecular flexibility index (Phi) is 3.12. The van der Waals surface area contributed by atoms with Gasteiger partial charge in [0.05, 0.1) is 0 Å². The van der Waals surface area contributed by atoms with E-state index in [1.54, 1.807) is 0 Å². The van der Waals surface area contributed by atoms with Crippen LogP contribution in [0.3, 0.4) is 0 Å². The summed E-state index contributed by atoms with van der Waals surface area (Å²) in [6, 6.07) is 0. The molecule has 0 aliphatic carbocycles. The fourth-order valence-electron chi connectivity index (χ4n) is 0.111. The van der Waals surface area contributed by atoms with E-state index in [1.807, 2.05) is 0 Å². The van der Waals surface area contributed by atoms with E-state index in [4.69, 9.17) is 0 Å².